The van der Waals surface area contributed by atoms with Crippen LogP contribution in [0.25, 0.3) is 0 Å². The predicted molar refractivity (Wildman–Crippen MR) is 115 cm³/mol. The summed E-state index contributed by atoms with van der Waals surface area (Å²) in [5.74, 6) is 0. The summed E-state index contributed by atoms with van der Waals surface area (Å²) in [6, 6.07) is 25.0. The van der Waals surface area contributed by atoms with E-state index in [-0.39, 0.29) is 4.90 Å². The Hall–Kier alpha value is -2.51. The van der Waals surface area contributed by atoms with Crippen molar-refractivity contribution in [2.45, 2.75) is 31.0 Å². The molecular formula is C23H26N2O3S. The van der Waals surface area contributed by atoms with Crippen molar-refractivity contribution in [2.24, 2.45) is 5.14 Å². The first-order valence-electron chi connectivity index (χ1n) is 9.44. The van der Waals surface area contributed by atoms with Crippen LogP contribution >= 0.6 is 0 Å². The minimum Gasteiger partial charge on any atom is -0.387 e. The first kappa shape index (κ1) is 21.2. The van der Waals surface area contributed by atoms with Crippen LogP contribution in [0.5, 0.6) is 0 Å². The van der Waals surface area contributed by atoms with Crippen molar-refractivity contribution in [2.75, 3.05) is 6.54 Å². The van der Waals surface area contributed by atoms with E-state index in [0.29, 0.717) is 30.8 Å². The van der Waals surface area contributed by atoms with E-state index in [1.54, 1.807) is 19.1 Å². The van der Waals surface area contributed by atoms with Gasteiger partial charge in [0.1, 0.15) is 0 Å². The van der Waals surface area contributed by atoms with Gasteiger partial charge in [0.25, 0.3) is 0 Å². The highest BCUT2D eigenvalue weighted by Gasteiger charge is 2.18. The van der Waals surface area contributed by atoms with E-state index in [1.807, 2.05) is 36.4 Å². The second kappa shape index (κ2) is 9.33. The molecule has 0 amide bonds. The number of sulfonamides is 1. The Kier molecular flexibility index (Phi) is 6.82. The number of aliphatic hydroxyl groups excluding tert-OH is 1. The summed E-state index contributed by atoms with van der Waals surface area (Å²) in [5.41, 5.74) is 3.38. The molecule has 0 bridgehead atoms. The third kappa shape index (κ3) is 5.98. The Bertz CT molecular complexity index is 997. The van der Waals surface area contributed by atoms with Crippen molar-refractivity contribution in [3.8, 4) is 0 Å². The highest BCUT2D eigenvalue weighted by atomic mass is 32.2. The van der Waals surface area contributed by atoms with Gasteiger partial charge in [-0.3, -0.25) is 4.90 Å². The number of aryl methyl sites for hydroxylation is 1. The zero-order chi connectivity index (χ0) is 20.9. The molecule has 0 spiro atoms. The van der Waals surface area contributed by atoms with Crippen LogP contribution in [-0.2, 0) is 23.1 Å². The summed E-state index contributed by atoms with van der Waals surface area (Å²) in [6.07, 6.45) is -0.844. The van der Waals surface area contributed by atoms with Gasteiger partial charge in [-0.15, -0.1) is 0 Å². The SMILES string of the molecule is Cc1ccc(C(O)CN(Cc2ccccc2)Cc2ccccc2)cc1S(N)(=O)=O. The second-order valence-electron chi connectivity index (χ2n) is 7.23. The summed E-state index contributed by atoms with van der Waals surface area (Å²) >= 11 is 0. The van der Waals surface area contributed by atoms with Crippen LogP contribution in [0.3, 0.4) is 0 Å². The highest BCUT2D eigenvalue weighted by Crippen LogP contribution is 2.22. The van der Waals surface area contributed by atoms with Gasteiger partial charge in [0.05, 0.1) is 11.0 Å². The van der Waals surface area contributed by atoms with Crippen LogP contribution in [0.2, 0.25) is 0 Å². The van der Waals surface area contributed by atoms with E-state index in [4.69, 9.17) is 5.14 Å². The molecule has 0 aliphatic heterocycles. The fourth-order valence-electron chi connectivity index (χ4n) is 3.35. The Labute approximate surface area is 172 Å². The lowest BCUT2D eigenvalue weighted by atomic mass is 10.1. The summed E-state index contributed by atoms with van der Waals surface area (Å²) in [6.45, 7) is 3.38. The van der Waals surface area contributed by atoms with E-state index in [1.165, 1.54) is 6.07 Å². The number of hydrogen-bond acceptors (Lipinski definition) is 4. The molecular weight excluding hydrogens is 384 g/mol. The summed E-state index contributed by atoms with van der Waals surface area (Å²) in [7, 11) is -3.84. The molecule has 3 aromatic carbocycles. The van der Waals surface area contributed by atoms with Crippen LogP contribution in [-0.4, -0.2) is 25.0 Å². The molecule has 0 aliphatic carbocycles. The molecule has 5 nitrogen and oxygen atoms in total. The van der Waals surface area contributed by atoms with E-state index < -0.39 is 16.1 Å². The quantitative estimate of drug-likeness (QED) is 0.596. The molecule has 0 saturated heterocycles. The fourth-order valence-corrected chi connectivity index (χ4v) is 4.17. The molecule has 0 radical (unpaired) electrons. The van der Waals surface area contributed by atoms with E-state index in [9.17, 15) is 13.5 Å². The maximum atomic E-state index is 11.8. The molecule has 152 valence electrons. The summed E-state index contributed by atoms with van der Waals surface area (Å²) in [5, 5.41) is 16.2. The first-order chi connectivity index (χ1) is 13.8. The minimum absolute atomic E-state index is 0.0479. The molecule has 1 unspecified atom stereocenters. The standard InChI is InChI=1S/C23H26N2O3S/c1-18-12-13-21(14-23(18)29(24,27)28)22(26)17-25(15-19-8-4-2-5-9-19)16-20-10-6-3-7-11-20/h2-14,22,26H,15-17H2,1H3,(H2,24,27,28). The molecule has 29 heavy (non-hydrogen) atoms. The maximum absolute atomic E-state index is 11.8. The van der Waals surface area contributed by atoms with Gasteiger partial charge in [-0.2, -0.15) is 0 Å². The van der Waals surface area contributed by atoms with Crippen LogP contribution < -0.4 is 5.14 Å². The normalized spacial score (nSPS) is 12.8. The minimum atomic E-state index is -3.84. The maximum Gasteiger partial charge on any atom is 0.238 e. The molecule has 0 aliphatic rings. The third-order valence-corrected chi connectivity index (χ3v) is 5.89. The van der Waals surface area contributed by atoms with Gasteiger partial charge in [0.15, 0.2) is 0 Å². The number of primary sulfonamides is 1. The Morgan fingerprint density at radius 1 is 0.897 bits per heavy atom. The number of nitrogens with zero attached hydrogens (tertiary/aromatic N) is 1. The molecule has 3 rings (SSSR count). The summed E-state index contributed by atoms with van der Waals surface area (Å²) < 4.78 is 23.6. The Morgan fingerprint density at radius 3 is 1.90 bits per heavy atom. The van der Waals surface area contributed by atoms with Crippen molar-refractivity contribution in [1.29, 1.82) is 0 Å². The lowest BCUT2D eigenvalue weighted by Crippen LogP contribution is -2.28. The van der Waals surface area contributed by atoms with E-state index >= 15 is 0 Å². The van der Waals surface area contributed by atoms with Gasteiger partial charge in [0, 0.05) is 19.6 Å². The smallest absolute Gasteiger partial charge is 0.238 e. The third-order valence-electron chi connectivity index (χ3n) is 4.83. The molecule has 1 atom stereocenters. The largest absolute Gasteiger partial charge is 0.387 e. The van der Waals surface area contributed by atoms with Crippen LogP contribution in [0.4, 0.5) is 0 Å². The van der Waals surface area contributed by atoms with Crippen molar-refractivity contribution >= 4 is 10.0 Å². The molecule has 6 heteroatoms. The topological polar surface area (TPSA) is 83.6 Å². The van der Waals surface area contributed by atoms with Crippen molar-refractivity contribution < 1.29 is 13.5 Å². The molecule has 0 heterocycles. The van der Waals surface area contributed by atoms with Gasteiger partial charge in [-0.05, 0) is 35.2 Å². The predicted octanol–water partition coefficient (Wildman–Crippen LogP) is 3.38. The fraction of sp³-hybridized carbons (Fsp3) is 0.217. The van der Waals surface area contributed by atoms with Crippen LogP contribution in [0.15, 0.2) is 83.8 Å². The Balaban J connectivity index is 1.83. The number of hydrogen-bond donors (Lipinski definition) is 2. The first-order valence-corrected chi connectivity index (χ1v) is 11.0. The number of nitrogens with two attached hydrogens (primary N) is 1. The number of aliphatic hydroxyl groups is 1. The van der Waals surface area contributed by atoms with Crippen molar-refractivity contribution in [1.82, 2.24) is 4.90 Å². The molecule has 3 N–H and O–H groups in total. The average Bonchev–Trinajstić information content (AvgIpc) is 2.69. The lowest BCUT2D eigenvalue weighted by molar-refractivity contribution is 0.105. The zero-order valence-electron chi connectivity index (χ0n) is 16.4. The monoisotopic (exact) mass is 410 g/mol. The van der Waals surface area contributed by atoms with Crippen LogP contribution in [0.1, 0.15) is 28.4 Å². The van der Waals surface area contributed by atoms with E-state index in [0.717, 1.165) is 11.1 Å². The molecule has 3 aromatic rings. The van der Waals surface area contributed by atoms with E-state index in [2.05, 4.69) is 29.2 Å². The van der Waals surface area contributed by atoms with Gasteiger partial charge in [0.2, 0.25) is 10.0 Å². The van der Waals surface area contributed by atoms with Crippen molar-refractivity contribution in [3.63, 3.8) is 0 Å². The van der Waals surface area contributed by atoms with Gasteiger partial charge >= 0.3 is 0 Å². The lowest BCUT2D eigenvalue weighted by Gasteiger charge is -2.26. The van der Waals surface area contributed by atoms with Gasteiger partial charge < -0.3 is 5.11 Å². The molecule has 0 fully saturated rings. The highest BCUT2D eigenvalue weighted by molar-refractivity contribution is 7.89. The number of benzene rings is 3. The Morgan fingerprint density at radius 2 is 1.41 bits per heavy atom. The van der Waals surface area contributed by atoms with Gasteiger partial charge in [-0.1, -0.05) is 72.8 Å². The molecule has 0 aromatic heterocycles. The number of rotatable bonds is 8. The van der Waals surface area contributed by atoms with Gasteiger partial charge in [-0.25, -0.2) is 13.6 Å². The zero-order valence-corrected chi connectivity index (χ0v) is 17.2. The average molecular weight is 411 g/mol. The molecule has 0 saturated carbocycles. The van der Waals surface area contributed by atoms with Crippen molar-refractivity contribution in [3.05, 3.63) is 101 Å². The summed E-state index contributed by atoms with van der Waals surface area (Å²) in [4.78, 5) is 2.19. The van der Waals surface area contributed by atoms with Crippen LogP contribution in [0, 0.1) is 6.92 Å². The second-order valence-corrected chi connectivity index (χ2v) is 8.76.